The lowest BCUT2D eigenvalue weighted by molar-refractivity contribution is 0.121. The Bertz CT molecular complexity index is 945. The molecule has 7 nitrogen and oxygen atoms in total. The number of halogens is 1. The van der Waals surface area contributed by atoms with Crippen molar-refractivity contribution in [1.29, 1.82) is 0 Å². The lowest BCUT2D eigenvalue weighted by Crippen LogP contribution is -2.34. The van der Waals surface area contributed by atoms with E-state index in [1.54, 1.807) is 14.2 Å². The summed E-state index contributed by atoms with van der Waals surface area (Å²) in [6.07, 6.45) is 0. The number of tetrazole rings is 1. The molecule has 0 aliphatic heterocycles. The van der Waals surface area contributed by atoms with E-state index < -0.39 is 0 Å². The van der Waals surface area contributed by atoms with E-state index in [0.717, 1.165) is 28.7 Å². The molecule has 1 heterocycles. The van der Waals surface area contributed by atoms with Gasteiger partial charge in [0.15, 0.2) is 5.82 Å². The van der Waals surface area contributed by atoms with Crippen molar-refractivity contribution in [3.8, 4) is 5.75 Å². The van der Waals surface area contributed by atoms with Gasteiger partial charge in [-0.3, -0.25) is 4.90 Å². The number of hydrogen-bond donors (Lipinski definition) is 0. The Labute approximate surface area is 188 Å². The molecule has 8 heteroatoms. The summed E-state index contributed by atoms with van der Waals surface area (Å²) in [5.74, 6) is 1.94. The average Bonchev–Trinajstić information content (AvgIpc) is 3.22. The van der Waals surface area contributed by atoms with E-state index in [1.165, 1.54) is 5.56 Å². The van der Waals surface area contributed by atoms with Gasteiger partial charge < -0.3 is 9.47 Å². The Morgan fingerprint density at radius 2 is 1.77 bits per heavy atom. The quantitative estimate of drug-likeness (QED) is 0.438. The first-order valence-corrected chi connectivity index (χ1v) is 10.8. The molecule has 0 amide bonds. The van der Waals surface area contributed by atoms with Crippen LogP contribution < -0.4 is 4.74 Å². The third-order valence-corrected chi connectivity index (χ3v) is 5.60. The summed E-state index contributed by atoms with van der Waals surface area (Å²) in [6, 6.07) is 16.1. The predicted octanol–water partition coefficient (Wildman–Crippen LogP) is 4.38. The molecule has 0 saturated carbocycles. The van der Waals surface area contributed by atoms with Crippen LogP contribution in [-0.2, 0) is 24.4 Å². The molecule has 31 heavy (non-hydrogen) atoms. The summed E-state index contributed by atoms with van der Waals surface area (Å²) in [6.45, 7) is 6.92. The Balaban J connectivity index is 1.97. The highest BCUT2D eigenvalue weighted by Crippen LogP contribution is 2.31. The smallest absolute Gasteiger partial charge is 0.168 e. The molecule has 0 radical (unpaired) electrons. The molecule has 0 aliphatic rings. The first kappa shape index (κ1) is 23.2. The predicted molar refractivity (Wildman–Crippen MR) is 121 cm³/mol. The second-order valence-electron chi connectivity index (χ2n) is 7.79. The van der Waals surface area contributed by atoms with Gasteiger partial charge in [0, 0.05) is 25.2 Å². The highest BCUT2D eigenvalue weighted by Gasteiger charge is 2.29. The number of nitrogens with zero attached hydrogens (tertiary/aromatic N) is 5. The summed E-state index contributed by atoms with van der Waals surface area (Å²) >= 11 is 6.51. The van der Waals surface area contributed by atoms with Gasteiger partial charge in [-0.25, -0.2) is 4.68 Å². The van der Waals surface area contributed by atoms with Gasteiger partial charge in [-0.2, -0.15) is 0 Å². The van der Waals surface area contributed by atoms with E-state index in [0.29, 0.717) is 19.7 Å². The fourth-order valence-corrected chi connectivity index (χ4v) is 3.90. The van der Waals surface area contributed by atoms with Crippen molar-refractivity contribution >= 4 is 11.6 Å². The number of methoxy groups -OCH3 is 2. The number of benzene rings is 2. The van der Waals surface area contributed by atoms with Crippen LogP contribution in [-0.4, -0.2) is 45.9 Å². The molecular formula is C23H30ClN5O2. The fraction of sp³-hybridized carbons (Fsp3) is 0.435. The first-order valence-electron chi connectivity index (χ1n) is 10.4. The van der Waals surface area contributed by atoms with Crippen molar-refractivity contribution in [2.24, 2.45) is 5.92 Å². The van der Waals surface area contributed by atoms with Crippen molar-refractivity contribution in [3.05, 3.63) is 70.5 Å². The van der Waals surface area contributed by atoms with Crippen LogP contribution in [0.1, 0.15) is 36.8 Å². The third kappa shape index (κ3) is 6.03. The van der Waals surface area contributed by atoms with E-state index >= 15 is 0 Å². The molecule has 1 aromatic heterocycles. The maximum atomic E-state index is 6.51. The molecule has 2 aromatic carbocycles. The van der Waals surface area contributed by atoms with Gasteiger partial charge in [-0.15, -0.1) is 5.10 Å². The topological polar surface area (TPSA) is 65.3 Å². The first-order chi connectivity index (χ1) is 15.0. The number of rotatable bonds is 11. The van der Waals surface area contributed by atoms with E-state index in [-0.39, 0.29) is 12.0 Å². The number of aromatic nitrogens is 4. The monoisotopic (exact) mass is 443 g/mol. The van der Waals surface area contributed by atoms with Crippen LogP contribution in [0.2, 0.25) is 5.02 Å². The van der Waals surface area contributed by atoms with E-state index in [4.69, 9.17) is 21.1 Å². The molecule has 3 aromatic rings. The van der Waals surface area contributed by atoms with E-state index in [9.17, 15) is 0 Å². The van der Waals surface area contributed by atoms with Crippen LogP contribution in [0, 0.1) is 5.92 Å². The molecule has 0 aliphatic carbocycles. The fourth-order valence-electron chi connectivity index (χ4n) is 3.71. The summed E-state index contributed by atoms with van der Waals surface area (Å²) < 4.78 is 12.4. The van der Waals surface area contributed by atoms with Gasteiger partial charge in [-0.05, 0) is 45.7 Å². The molecule has 3 rings (SSSR count). The van der Waals surface area contributed by atoms with Crippen LogP contribution in [0.5, 0.6) is 5.75 Å². The molecule has 0 bridgehead atoms. The minimum atomic E-state index is -0.00905. The highest BCUT2D eigenvalue weighted by atomic mass is 35.5. The summed E-state index contributed by atoms with van der Waals surface area (Å²) in [7, 11) is 3.35. The largest absolute Gasteiger partial charge is 0.497 e. The van der Waals surface area contributed by atoms with Gasteiger partial charge in [0.05, 0.1) is 26.3 Å². The van der Waals surface area contributed by atoms with Gasteiger partial charge in [-0.1, -0.05) is 55.8 Å². The SMILES string of the molecule is COCCn1nnnc1[C@@H](C(C)C)N(Cc1ccc(OC)cc1)Cc1ccccc1Cl. The van der Waals surface area contributed by atoms with E-state index in [2.05, 4.69) is 52.5 Å². The van der Waals surface area contributed by atoms with E-state index in [1.807, 2.05) is 35.0 Å². The summed E-state index contributed by atoms with van der Waals surface area (Å²) in [4.78, 5) is 2.38. The van der Waals surface area contributed by atoms with Crippen LogP contribution in [0.15, 0.2) is 48.5 Å². The zero-order valence-electron chi connectivity index (χ0n) is 18.5. The Morgan fingerprint density at radius 3 is 2.42 bits per heavy atom. The van der Waals surface area contributed by atoms with Gasteiger partial charge >= 0.3 is 0 Å². The van der Waals surface area contributed by atoms with Crippen molar-refractivity contribution in [2.45, 2.75) is 39.5 Å². The lowest BCUT2D eigenvalue weighted by atomic mass is 9.99. The highest BCUT2D eigenvalue weighted by molar-refractivity contribution is 6.31. The Morgan fingerprint density at radius 1 is 1.03 bits per heavy atom. The van der Waals surface area contributed by atoms with Crippen LogP contribution in [0.25, 0.3) is 0 Å². The molecule has 0 fully saturated rings. The number of hydrogen-bond acceptors (Lipinski definition) is 6. The molecule has 0 unspecified atom stereocenters. The third-order valence-electron chi connectivity index (χ3n) is 5.23. The summed E-state index contributed by atoms with van der Waals surface area (Å²) in [5.41, 5.74) is 2.24. The molecule has 1 atom stereocenters. The summed E-state index contributed by atoms with van der Waals surface area (Å²) in [5, 5.41) is 13.3. The molecular weight excluding hydrogens is 414 g/mol. The van der Waals surface area contributed by atoms with Crippen LogP contribution >= 0.6 is 11.6 Å². The lowest BCUT2D eigenvalue weighted by Gasteiger charge is -2.34. The molecule has 0 N–H and O–H groups in total. The second-order valence-corrected chi connectivity index (χ2v) is 8.19. The standard InChI is InChI=1S/C23H30ClN5O2/c1-17(2)22(23-25-26-27-29(23)13-14-30-3)28(16-19-7-5-6-8-21(19)24)15-18-9-11-20(31-4)12-10-18/h5-12,17,22H,13-16H2,1-4H3/t22-/m1/s1. The molecule has 0 spiro atoms. The maximum Gasteiger partial charge on any atom is 0.168 e. The zero-order valence-corrected chi connectivity index (χ0v) is 19.3. The minimum Gasteiger partial charge on any atom is -0.497 e. The van der Waals surface area contributed by atoms with Crippen LogP contribution in [0.3, 0.4) is 0 Å². The minimum absolute atomic E-state index is 0.00905. The molecule has 0 saturated heterocycles. The van der Waals surface area contributed by atoms with Crippen LogP contribution in [0.4, 0.5) is 0 Å². The maximum absolute atomic E-state index is 6.51. The normalized spacial score (nSPS) is 12.5. The van der Waals surface area contributed by atoms with Gasteiger partial charge in [0.1, 0.15) is 5.75 Å². The van der Waals surface area contributed by atoms with Crippen molar-refractivity contribution in [2.75, 3.05) is 20.8 Å². The Hall–Kier alpha value is -2.48. The molecule has 166 valence electrons. The van der Waals surface area contributed by atoms with Gasteiger partial charge in [0.25, 0.3) is 0 Å². The van der Waals surface area contributed by atoms with Gasteiger partial charge in [0.2, 0.25) is 0 Å². The second kappa shape index (κ2) is 11.2. The Kier molecular flexibility index (Phi) is 8.40. The number of ether oxygens (including phenoxy) is 2. The van der Waals surface area contributed by atoms with Crippen molar-refractivity contribution in [3.63, 3.8) is 0 Å². The van der Waals surface area contributed by atoms with Crippen molar-refractivity contribution < 1.29 is 9.47 Å². The zero-order chi connectivity index (χ0) is 22.2. The average molecular weight is 444 g/mol. The van der Waals surface area contributed by atoms with Crippen molar-refractivity contribution in [1.82, 2.24) is 25.1 Å².